The predicted molar refractivity (Wildman–Crippen MR) is 74.3 cm³/mol. The molecule has 0 fully saturated rings. The van der Waals surface area contributed by atoms with Gasteiger partial charge in [0, 0.05) is 0 Å². The Morgan fingerprint density at radius 2 is 1.67 bits per heavy atom. The first kappa shape index (κ1) is 18.9. The summed E-state index contributed by atoms with van der Waals surface area (Å²) in [7, 11) is 0. The quantitative estimate of drug-likeness (QED) is 0.583. The minimum absolute atomic E-state index is 0.126. The number of aliphatic hydroxyl groups is 2. The molecule has 4 N–H and O–H groups in total. The minimum atomic E-state index is -1.08. The third-order valence-electron chi connectivity index (χ3n) is 2.29. The number of aliphatic hydroxyl groups excluding tert-OH is 2. The Balaban J connectivity index is 0.000000433. The van der Waals surface area contributed by atoms with Gasteiger partial charge in [-0.2, -0.15) is 0 Å². The van der Waals surface area contributed by atoms with E-state index in [1.54, 1.807) is 0 Å². The molecule has 0 aromatic heterocycles. The van der Waals surface area contributed by atoms with E-state index in [0.29, 0.717) is 0 Å². The maximum Gasteiger partial charge on any atom is 0.303 e. The number of hydrogen-bond acceptors (Lipinski definition) is 5. The van der Waals surface area contributed by atoms with Gasteiger partial charge in [0.25, 0.3) is 0 Å². The highest BCUT2D eigenvalue weighted by atomic mass is 16.5. The van der Waals surface area contributed by atoms with Crippen molar-refractivity contribution < 1.29 is 34.8 Å². The van der Waals surface area contributed by atoms with Crippen molar-refractivity contribution in [1.29, 1.82) is 0 Å². The van der Waals surface area contributed by atoms with Crippen LogP contribution in [0.5, 0.6) is 5.75 Å². The first-order valence-corrected chi connectivity index (χ1v) is 6.27. The van der Waals surface area contributed by atoms with Gasteiger partial charge in [-0.15, -0.1) is 0 Å². The number of hydrogen-bond donors (Lipinski definition) is 4. The van der Waals surface area contributed by atoms with Gasteiger partial charge in [0.1, 0.15) is 18.5 Å². The fourth-order valence-corrected chi connectivity index (χ4v) is 1.17. The summed E-state index contributed by atoms with van der Waals surface area (Å²) in [5.74, 6) is -1.41. The monoisotopic (exact) mass is 300 g/mol. The van der Waals surface area contributed by atoms with E-state index >= 15 is 0 Å². The van der Waals surface area contributed by atoms with E-state index in [2.05, 4.69) is 0 Å². The van der Waals surface area contributed by atoms with Gasteiger partial charge in [-0.1, -0.05) is 18.2 Å². The van der Waals surface area contributed by atoms with Crippen molar-refractivity contribution in [3.63, 3.8) is 0 Å². The summed E-state index contributed by atoms with van der Waals surface area (Å²) in [6.07, 6.45) is -1.40. The molecule has 0 saturated carbocycles. The third kappa shape index (κ3) is 10.3. The Labute approximate surface area is 122 Å². The van der Waals surface area contributed by atoms with E-state index in [9.17, 15) is 9.59 Å². The largest absolute Gasteiger partial charge is 0.491 e. The summed E-state index contributed by atoms with van der Waals surface area (Å²) >= 11 is 0. The van der Waals surface area contributed by atoms with Gasteiger partial charge < -0.3 is 25.2 Å². The van der Waals surface area contributed by atoms with E-state index in [4.69, 9.17) is 25.2 Å². The van der Waals surface area contributed by atoms with E-state index in [0.717, 1.165) is 11.3 Å². The Morgan fingerprint density at radius 3 is 2.10 bits per heavy atom. The Hall–Kier alpha value is -2.12. The second kappa shape index (κ2) is 10.6. The standard InChI is InChI=1S/C10H14O3.C4H6O4/c1-8-4-2-3-5-10(8)13-7-9(12)6-11;5-3(6)1-2-4(7)8/h2-5,9,11-12H,6-7H2,1H3;1-2H2,(H,5,6)(H,7,8). The molecule has 0 saturated heterocycles. The van der Waals surface area contributed by atoms with Crippen LogP contribution in [-0.2, 0) is 9.59 Å². The van der Waals surface area contributed by atoms with Crippen LogP contribution < -0.4 is 4.74 Å². The van der Waals surface area contributed by atoms with E-state index in [1.807, 2.05) is 31.2 Å². The van der Waals surface area contributed by atoms with Gasteiger partial charge in [-0.05, 0) is 18.6 Å². The zero-order valence-electron chi connectivity index (χ0n) is 11.7. The number of ether oxygens (including phenoxy) is 1. The molecule has 1 aromatic carbocycles. The average molecular weight is 300 g/mol. The zero-order chi connectivity index (χ0) is 16.3. The molecule has 0 aliphatic heterocycles. The summed E-state index contributed by atoms with van der Waals surface area (Å²) in [6, 6.07) is 7.55. The molecule has 21 heavy (non-hydrogen) atoms. The maximum absolute atomic E-state index is 9.64. The number of aliphatic carboxylic acids is 2. The molecule has 118 valence electrons. The molecular formula is C14H20O7. The Kier molecular flexibility index (Phi) is 9.57. The van der Waals surface area contributed by atoms with Crippen molar-refractivity contribution in [1.82, 2.24) is 0 Å². The van der Waals surface area contributed by atoms with Crippen LogP contribution in [0, 0.1) is 6.92 Å². The number of aryl methyl sites for hydroxylation is 1. The van der Waals surface area contributed by atoms with Crippen molar-refractivity contribution in [3.8, 4) is 5.75 Å². The van der Waals surface area contributed by atoms with Gasteiger partial charge in [0.15, 0.2) is 0 Å². The number of benzene rings is 1. The first-order valence-electron chi connectivity index (χ1n) is 6.27. The molecule has 0 spiro atoms. The molecule has 0 bridgehead atoms. The van der Waals surface area contributed by atoms with Gasteiger partial charge in [-0.3, -0.25) is 9.59 Å². The molecule has 0 heterocycles. The molecule has 1 aromatic rings. The lowest BCUT2D eigenvalue weighted by atomic mass is 10.2. The second-order valence-corrected chi connectivity index (χ2v) is 4.20. The number of carboxylic acids is 2. The minimum Gasteiger partial charge on any atom is -0.491 e. The maximum atomic E-state index is 9.64. The van der Waals surface area contributed by atoms with Gasteiger partial charge >= 0.3 is 11.9 Å². The van der Waals surface area contributed by atoms with Crippen LogP contribution in [-0.4, -0.2) is 51.7 Å². The lowest BCUT2D eigenvalue weighted by Gasteiger charge is -2.11. The highest BCUT2D eigenvalue weighted by Crippen LogP contribution is 2.15. The molecular weight excluding hydrogens is 280 g/mol. The molecule has 1 atom stereocenters. The zero-order valence-corrected chi connectivity index (χ0v) is 11.7. The van der Waals surface area contributed by atoms with Gasteiger partial charge in [-0.25, -0.2) is 0 Å². The second-order valence-electron chi connectivity index (χ2n) is 4.20. The van der Waals surface area contributed by atoms with Gasteiger partial charge in [0.05, 0.1) is 19.4 Å². The van der Waals surface area contributed by atoms with E-state index in [1.165, 1.54) is 0 Å². The first-order chi connectivity index (χ1) is 9.86. The molecule has 1 unspecified atom stereocenters. The van der Waals surface area contributed by atoms with Crippen molar-refractivity contribution in [3.05, 3.63) is 29.8 Å². The molecule has 0 amide bonds. The van der Waals surface area contributed by atoms with Crippen molar-refractivity contribution in [2.24, 2.45) is 0 Å². The smallest absolute Gasteiger partial charge is 0.303 e. The SMILES string of the molecule is Cc1ccccc1OCC(O)CO.O=C(O)CCC(=O)O. The predicted octanol–water partition coefficient (Wildman–Crippen LogP) is 0.663. The van der Waals surface area contributed by atoms with Crippen molar-refractivity contribution in [2.75, 3.05) is 13.2 Å². The fourth-order valence-electron chi connectivity index (χ4n) is 1.17. The topological polar surface area (TPSA) is 124 Å². The summed E-state index contributed by atoms with van der Waals surface area (Å²) in [5.41, 5.74) is 1.02. The summed E-state index contributed by atoms with van der Waals surface area (Å²) < 4.78 is 5.28. The normalized spacial score (nSPS) is 11.0. The molecule has 0 radical (unpaired) electrons. The highest BCUT2D eigenvalue weighted by Gasteiger charge is 2.03. The van der Waals surface area contributed by atoms with E-state index < -0.39 is 18.0 Å². The van der Waals surface area contributed by atoms with Crippen LogP contribution in [0.1, 0.15) is 18.4 Å². The lowest BCUT2D eigenvalue weighted by molar-refractivity contribution is -0.143. The molecule has 0 aliphatic carbocycles. The van der Waals surface area contributed by atoms with Gasteiger partial charge in [0.2, 0.25) is 0 Å². The Morgan fingerprint density at radius 1 is 1.14 bits per heavy atom. The number of para-hydroxylation sites is 1. The number of carboxylic acid groups (broad SMARTS) is 2. The molecule has 7 heteroatoms. The summed E-state index contributed by atoms with van der Waals surface area (Å²) in [6.45, 7) is 1.79. The molecule has 7 nitrogen and oxygen atoms in total. The lowest BCUT2D eigenvalue weighted by Crippen LogP contribution is -2.21. The average Bonchev–Trinajstić information content (AvgIpc) is 2.44. The number of carbonyl (C=O) groups is 2. The summed E-state index contributed by atoms with van der Waals surface area (Å²) in [4.78, 5) is 19.3. The van der Waals surface area contributed by atoms with Crippen molar-refractivity contribution >= 4 is 11.9 Å². The van der Waals surface area contributed by atoms with Crippen LogP contribution in [0.3, 0.4) is 0 Å². The summed E-state index contributed by atoms with van der Waals surface area (Å²) in [5, 5.41) is 33.4. The number of rotatable bonds is 7. The van der Waals surface area contributed by atoms with Crippen molar-refractivity contribution in [2.45, 2.75) is 25.9 Å². The van der Waals surface area contributed by atoms with Crippen LogP contribution in [0.2, 0.25) is 0 Å². The van der Waals surface area contributed by atoms with Crippen LogP contribution >= 0.6 is 0 Å². The molecule has 1 rings (SSSR count). The van der Waals surface area contributed by atoms with Crippen LogP contribution in [0.4, 0.5) is 0 Å². The highest BCUT2D eigenvalue weighted by molar-refractivity contribution is 5.75. The Bertz CT molecular complexity index is 431. The van der Waals surface area contributed by atoms with Crippen LogP contribution in [0.15, 0.2) is 24.3 Å². The molecule has 0 aliphatic rings. The third-order valence-corrected chi connectivity index (χ3v) is 2.29. The van der Waals surface area contributed by atoms with Crippen LogP contribution in [0.25, 0.3) is 0 Å². The fraction of sp³-hybridized carbons (Fsp3) is 0.429. The van der Waals surface area contributed by atoms with E-state index in [-0.39, 0.29) is 26.1 Å².